The molecule has 1 saturated heterocycles. The second-order valence-electron chi connectivity index (χ2n) is 5.75. The van der Waals surface area contributed by atoms with Crippen LogP contribution in [0.15, 0.2) is 35.0 Å². The largest absolute Gasteiger partial charge is 0.324 e. The average molecular weight is 402 g/mol. The molecule has 0 bridgehead atoms. The third kappa shape index (κ3) is 1.70. The Labute approximate surface area is 145 Å². The number of allylic oxidation sites excluding steroid dienone is 1. The van der Waals surface area contributed by atoms with Gasteiger partial charge in [-0.25, -0.2) is 0 Å². The number of hydrogen-bond donors (Lipinski definition) is 1. The van der Waals surface area contributed by atoms with E-state index in [1.165, 1.54) is 4.90 Å². The predicted octanol–water partition coefficient (Wildman–Crippen LogP) is 2.93. The van der Waals surface area contributed by atoms with Gasteiger partial charge in [0.05, 0.1) is 5.03 Å². The Kier molecular flexibility index (Phi) is 2.97. The molecule has 0 saturated carbocycles. The van der Waals surface area contributed by atoms with Crippen molar-refractivity contribution in [3.05, 3.63) is 46.1 Å². The fraction of sp³-hybridized carbons (Fsp3) is 0.333. The first-order valence-corrected chi connectivity index (χ1v) is 8.44. The molecule has 1 aliphatic carbocycles. The minimum absolute atomic E-state index is 0.0892. The molecule has 1 fully saturated rings. The smallest absolute Gasteiger partial charge is 0.271 e. The number of benzene rings is 1. The van der Waals surface area contributed by atoms with Gasteiger partial charge >= 0.3 is 0 Å². The zero-order chi connectivity index (χ0) is 15.7. The van der Waals surface area contributed by atoms with Gasteiger partial charge in [-0.15, -0.1) is 0 Å². The van der Waals surface area contributed by atoms with Crippen LogP contribution in [0.5, 0.6) is 0 Å². The Hall–Kier alpha value is -1.04. The Morgan fingerprint density at radius 2 is 2.00 bits per heavy atom. The first kappa shape index (κ1) is 14.5. The van der Waals surface area contributed by atoms with E-state index in [0.29, 0.717) is 11.5 Å². The van der Waals surface area contributed by atoms with Crippen LogP contribution in [0.1, 0.15) is 24.0 Å². The highest BCUT2D eigenvalue weighted by Crippen LogP contribution is 2.52. The van der Waals surface area contributed by atoms with Crippen molar-refractivity contribution in [2.24, 2.45) is 0 Å². The summed E-state index contributed by atoms with van der Waals surface area (Å²) in [5.41, 5.74) is 1.39. The third-order valence-electron chi connectivity index (χ3n) is 4.51. The lowest BCUT2D eigenvalue weighted by Gasteiger charge is -2.40. The predicted molar refractivity (Wildman–Crippen MR) is 86.4 cm³/mol. The molecule has 22 heavy (non-hydrogen) atoms. The number of fused-ring (bicyclic) bond motifs is 4. The molecular formula is C15H11BrCl2N2O2. The van der Waals surface area contributed by atoms with E-state index in [1.54, 1.807) is 0 Å². The summed E-state index contributed by atoms with van der Waals surface area (Å²) in [6, 6.07) is 7.80. The second-order valence-corrected chi connectivity index (χ2v) is 8.66. The average Bonchev–Trinajstić information content (AvgIpc) is 2.96. The lowest BCUT2D eigenvalue weighted by atomic mass is 9.98. The number of carbonyl (C=O) groups is 2. The molecule has 0 aromatic heterocycles. The summed E-state index contributed by atoms with van der Waals surface area (Å²) >= 11 is 15.8. The Balaban J connectivity index is 1.96. The summed E-state index contributed by atoms with van der Waals surface area (Å²) in [6.45, 7) is 0. The maximum Gasteiger partial charge on any atom is 0.271 e. The fourth-order valence-corrected chi connectivity index (χ4v) is 4.86. The van der Waals surface area contributed by atoms with Crippen LogP contribution in [0.3, 0.4) is 0 Å². The lowest BCUT2D eigenvalue weighted by Crippen LogP contribution is -2.54. The van der Waals surface area contributed by atoms with Crippen molar-refractivity contribution in [3.63, 3.8) is 0 Å². The van der Waals surface area contributed by atoms with E-state index in [-0.39, 0.29) is 23.9 Å². The molecule has 2 unspecified atom stereocenters. The maximum absolute atomic E-state index is 12.9. The first-order valence-electron chi connectivity index (χ1n) is 6.89. The van der Waals surface area contributed by atoms with Crippen LogP contribution >= 0.6 is 39.1 Å². The molecule has 2 atom stereocenters. The standard InChI is InChI=1S/C15H11BrCl2N2O2/c16-14(18)7-10(17)11-12(21)19-15(20(11)13(14)22)6-5-8-3-1-2-4-9(8)15/h1-4H,5-7H2,(H,19,21). The molecular weight excluding hydrogens is 391 g/mol. The molecule has 4 rings (SSSR count). The molecule has 114 valence electrons. The Morgan fingerprint density at radius 3 is 2.77 bits per heavy atom. The number of nitrogens with one attached hydrogen (secondary N) is 1. The van der Waals surface area contributed by atoms with Crippen molar-refractivity contribution in [1.82, 2.24) is 10.2 Å². The van der Waals surface area contributed by atoms with Gasteiger partial charge in [-0.05, 0) is 18.4 Å². The highest BCUT2D eigenvalue weighted by Gasteiger charge is 2.60. The quantitative estimate of drug-likeness (QED) is 0.679. The number of rotatable bonds is 0. The van der Waals surface area contributed by atoms with Gasteiger partial charge < -0.3 is 5.32 Å². The van der Waals surface area contributed by atoms with Gasteiger partial charge in [0.25, 0.3) is 11.8 Å². The summed E-state index contributed by atoms with van der Waals surface area (Å²) in [4.78, 5) is 26.7. The number of carbonyl (C=O) groups excluding carboxylic acids is 2. The number of aryl methyl sites for hydroxylation is 1. The van der Waals surface area contributed by atoms with Gasteiger partial charge in [0.2, 0.25) is 0 Å². The van der Waals surface area contributed by atoms with Crippen LogP contribution in [0.2, 0.25) is 0 Å². The molecule has 2 aliphatic heterocycles. The van der Waals surface area contributed by atoms with Crippen LogP contribution in [0.25, 0.3) is 0 Å². The normalized spacial score (nSPS) is 33.3. The molecule has 3 aliphatic rings. The second kappa shape index (κ2) is 4.49. The van der Waals surface area contributed by atoms with E-state index in [1.807, 2.05) is 24.3 Å². The van der Waals surface area contributed by atoms with Crippen molar-refractivity contribution in [2.75, 3.05) is 0 Å². The molecule has 2 amide bonds. The fourth-order valence-electron chi connectivity index (χ4n) is 3.59. The Morgan fingerprint density at radius 1 is 1.27 bits per heavy atom. The Bertz CT molecular complexity index is 762. The van der Waals surface area contributed by atoms with E-state index in [9.17, 15) is 9.59 Å². The molecule has 4 nitrogen and oxygen atoms in total. The summed E-state index contributed by atoms with van der Waals surface area (Å²) < 4.78 is -1.32. The van der Waals surface area contributed by atoms with Gasteiger partial charge in [-0.1, -0.05) is 63.4 Å². The van der Waals surface area contributed by atoms with E-state index in [4.69, 9.17) is 23.2 Å². The zero-order valence-corrected chi connectivity index (χ0v) is 14.4. The molecule has 1 aromatic carbocycles. The summed E-state index contributed by atoms with van der Waals surface area (Å²) in [7, 11) is 0. The van der Waals surface area contributed by atoms with Gasteiger partial charge in [-0.3, -0.25) is 14.5 Å². The molecule has 2 heterocycles. The first-order chi connectivity index (χ1) is 10.4. The maximum atomic E-state index is 12.9. The van der Waals surface area contributed by atoms with Crippen LogP contribution in [-0.4, -0.2) is 20.5 Å². The molecule has 1 N–H and O–H groups in total. The molecule has 7 heteroatoms. The van der Waals surface area contributed by atoms with E-state index in [0.717, 1.165) is 17.5 Å². The topological polar surface area (TPSA) is 49.4 Å². The van der Waals surface area contributed by atoms with Crippen molar-refractivity contribution < 1.29 is 9.59 Å². The van der Waals surface area contributed by atoms with Crippen LogP contribution < -0.4 is 5.32 Å². The number of amides is 2. The molecule has 1 spiro atoms. The van der Waals surface area contributed by atoms with E-state index >= 15 is 0 Å². The highest BCUT2D eigenvalue weighted by molar-refractivity contribution is 9.10. The van der Waals surface area contributed by atoms with Crippen LogP contribution in [0.4, 0.5) is 0 Å². The molecule has 0 radical (unpaired) electrons. The summed E-state index contributed by atoms with van der Waals surface area (Å²) in [5.74, 6) is -0.682. The SMILES string of the molecule is O=C1NC2(CCc3ccccc32)N2C(=O)C(Cl)(Br)CC(Cl)=C12. The van der Waals surface area contributed by atoms with E-state index in [2.05, 4.69) is 21.2 Å². The minimum Gasteiger partial charge on any atom is -0.324 e. The van der Waals surface area contributed by atoms with Crippen molar-refractivity contribution >= 4 is 50.9 Å². The van der Waals surface area contributed by atoms with Gasteiger partial charge in [-0.2, -0.15) is 0 Å². The highest BCUT2D eigenvalue weighted by atomic mass is 79.9. The van der Waals surface area contributed by atoms with Crippen LogP contribution in [0, 0.1) is 0 Å². The third-order valence-corrected chi connectivity index (χ3v) is 5.74. The monoisotopic (exact) mass is 400 g/mol. The van der Waals surface area contributed by atoms with Crippen LogP contribution in [-0.2, 0) is 21.7 Å². The van der Waals surface area contributed by atoms with Gasteiger partial charge in [0, 0.05) is 12.0 Å². The van der Waals surface area contributed by atoms with Crippen molar-refractivity contribution in [1.29, 1.82) is 0 Å². The van der Waals surface area contributed by atoms with E-state index < -0.39 is 9.45 Å². The summed E-state index contributed by atoms with van der Waals surface area (Å²) in [5, 5.41) is 3.27. The zero-order valence-electron chi connectivity index (χ0n) is 11.3. The van der Waals surface area contributed by atoms with Gasteiger partial charge in [0.15, 0.2) is 3.78 Å². The minimum atomic E-state index is -1.32. The van der Waals surface area contributed by atoms with Gasteiger partial charge in [0.1, 0.15) is 11.4 Å². The lowest BCUT2D eigenvalue weighted by molar-refractivity contribution is -0.135. The number of hydrogen-bond acceptors (Lipinski definition) is 2. The van der Waals surface area contributed by atoms with Crippen molar-refractivity contribution in [3.8, 4) is 0 Å². The summed E-state index contributed by atoms with van der Waals surface area (Å²) in [6.07, 6.45) is 1.48. The van der Waals surface area contributed by atoms with Crippen molar-refractivity contribution in [2.45, 2.75) is 28.7 Å². The number of nitrogens with zero attached hydrogens (tertiary/aromatic N) is 1. The number of alkyl halides is 2. The number of halogens is 3. The molecule has 1 aromatic rings.